The number of H-pyrrole nitrogens is 1. The summed E-state index contributed by atoms with van der Waals surface area (Å²) in [6.07, 6.45) is 3.58. The summed E-state index contributed by atoms with van der Waals surface area (Å²) in [5, 5.41) is 10.8. The SMILES string of the molecule is O=C(Nc1cccc(Nc2ccc3c(c2)NC(=O)/C3=C/c2ccc[nH]2)c1)Nc1c(F)cccc1F. The second-order valence-corrected chi connectivity index (χ2v) is 7.78. The zero-order valence-electron chi connectivity index (χ0n) is 18.2. The molecule has 3 amide bonds. The molecule has 2 heterocycles. The molecule has 5 N–H and O–H groups in total. The third-order valence-corrected chi connectivity index (χ3v) is 5.33. The van der Waals surface area contributed by atoms with Crippen LogP contribution < -0.4 is 21.3 Å². The normalized spacial score (nSPS) is 13.3. The highest BCUT2D eigenvalue weighted by Gasteiger charge is 2.24. The maximum absolute atomic E-state index is 13.8. The van der Waals surface area contributed by atoms with E-state index in [9.17, 15) is 18.4 Å². The third kappa shape index (κ3) is 4.74. The van der Waals surface area contributed by atoms with Crippen molar-refractivity contribution in [2.45, 2.75) is 0 Å². The summed E-state index contributed by atoms with van der Waals surface area (Å²) in [6, 6.07) is 18.6. The van der Waals surface area contributed by atoms with Crippen LogP contribution in [0.2, 0.25) is 0 Å². The molecule has 0 saturated carbocycles. The Hall–Kier alpha value is -4.92. The van der Waals surface area contributed by atoms with Crippen LogP contribution in [0.4, 0.5) is 42.0 Å². The number of aromatic amines is 1. The first-order chi connectivity index (χ1) is 17.0. The number of carbonyl (C=O) groups is 2. The monoisotopic (exact) mass is 471 g/mol. The maximum Gasteiger partial charge on any atom is 0.323 e. The standard InChI is InChI=1S/C26H19F2N5O2/c27-21-7-2-8-22(28)24(21)33-26(35)31-17-5-1-4-16(12-17)30-18-9-10-19-20(13-15-6-3-11-29-15)25(34)32-23(19)14-18/h1-14,29-30H,(H,32,34)(H2,31,33,35)/b20-13+. The number of halogens is 2. The average molecular weight is 471 g/mol. The van der Waals surface area contributed by atoms with E-state index in [0.29, 0.717) is 22.6 Å². The van der Waals surface area contributed by atoms with Crippen molar-refractivity contribution in [1.82, 2.24) is 4.98 Å². The van der Waals surface area contributed by atoms with Crippen molar-refractivity contribution < 1.29 is 18.4 Å². The molecule has 5 rings (SSSR count). The second-order valence-electron chi connectivity index (χ2n) is 7.78. The minimum atomic E-state index is -0.870. The van der Waals surface area contributed by atoms with Crippen molar-refractivity contribution in [3.05, 3.63) is 102 Å². The molecule has 7 nitrogen and oxygen atoms in total. The fourth-order valence-electron chi connectivity index (χ4n) is 3.74. The van der Waals surface area contributed by atoms with Gasteiger partial charge in [-0.1, -0.05) is 18.2 Å². The molecule has 0 spiro atoms. The summed E-state index contributed by atoms with van der Waals surface area (Å²) >= 11 is 0. The minimum Gasteiger partial charge on any atom is -0.362 e. The quantitative estimate of drug-likeness (QED) is 0.225. The first-order valence-corrected chi connectivity index (χ1v) is 10.7. The molecule has 1 aliphatic rings. The van der Waals surface area contributed by atoms with Crippen molar-refractivity contribution >= 4 is 52.0 Å². The summed E-state index contributed by atoms with van der Waals surface area (Å²) in [5.41, 5.74) is 4.14. The van der Waals surface area contributed by atoms with Crippen LogP contribution in [-0.2, 0) is 4.79 Å². The van der Waals surface area contributed by atoms with Crippen molar-refractivity contribution in [1.29, 1.82) is 0 Å². The lowest BCUT2D eigenvalue weighted by Gasteiger charge is -2.12. The lowest BCUT2D eigenvalue weighted by Crippen LogP contribution is -2.21. The number of carbonyl (C=O) groups excluding carboxylic acids is 2. The molecule has 3 aromatic carbocycles. The van der Waals surface area contributed by atoms with E-state index in [4.69, 9.17) is 0 Å². The van der Waals surface area contributed by atoms with E-state index in [1.165, 1.54) is 6.07 Å². The van der Waals surface area contributed by atoms with Crippen molar-refractivity contribution in [2.24, 2.45) is 0 Å². The number of urea groups is 1. The summed E-state index contributed by atoms with van der Waals surface area (Å²) in [6.45, 7) is 0. The van der Waals surface area contributed by atoms with Gasteiger partial charge in [-0.25, -0.2) is 13.6 Å². The maximum atomic E-state index is 13.8. The molecule has 0 unspecified atom stereocenters. The Labute approximate surface area is 198 Å². The van der Waals surface area contributed by atoms with Crippen LogP contribution in [0.25, 0.3) is 11.6 Å². The van der Waals surface area contributed by atoms with E-state index in [1.54, 1.807) is 36.5 Å². The van der Waals surface area contributed by atoms with E-state index < -0.39 is 23.4 Å². The molecule has 0 saturated heterocycles. The number of amides is 3. The van der Waals surface area contributed by atoms with Crippen molar-refractivity contribution in [2.75, 3.05) is 21.3 Å². The number of nitrogens with one attached hydrogen (secondary N) is 5. The average Bonchev–Trinajstić information content (AvgIpc) is 3.44. The van der Waals surface area contributed by atoms with Gasteiger partial charge < -0.3 is 26.3 Å². The molecule has 0 radical (unpaired) electrons. The number of hydrogen-bond acceptors (Lipinski definition) is 3. The molecule has 9 heteroatoms. The number of anilines is 5. The van der Waals surface area contributed by atoms with Crippen LogP contribution >= 0.6 is 0 Å². The van der Waals surface area contributed by atoms with Gasteiger partial charge in [0.2, 0.25) is 0 Å². The first kappa shape index (κ1) is 21.9. The Bertz CT molecular complexity index is 1440. The second kappa shape index (κ2) is 9.14. The van der Waals surface area contributed by atoms with Crippen molar-refractivity contribution in [3.8, 4) is 0 Å². The fourth-order valence-corrected chi connectivity index (χ4v) is 3.74. The number of hydrogen-bond donors (Lipinski definition) is 5. The lowest BCUT2D eigenvalue weighted by molar-refractivity contribution is -0.110. The van der Waals surface area contributed by atoms with E-state index in [-0.39, 0.29) is 5.91 Å². The third-order valence-electron chi connectivity index (χ3n) is 5.33. The Balaban J connectivity index is 1.29. The van der Waals surface area contributed by atoms with Gasteiger partial charge in [-0.3, -0.25) is 4.79 Å². The highest BCUT2D eigenvalue weighted by atomic mass is 19.1. The summed E-state index contributed by atoms with van der Waals surface area (Å²) < 4.78 is 27.5. The highest BCUT2D eigenvalue weighted by molar-refractivity contribution is 6.35. The molecule has 0 fully saturated rings. The van der Waals surface area contributed by atoms with Crippen LogP contribution in [-0.4, -0.2) is 16.9 Å². The molecule has 1 aliphatic heterocycles. The number of rotatable bonds is 5. The molecule has 0 aliphatic carbocycles. The van der Waals surface area contributed by atoms with Crippen LogP contribution in [0.5, 0.6) is 0 Å². The minimum absolute atomic E-state index is 0.185. The summed E-state index contributed by atoms with van der Waals surface area (Å²) in [5.74, 6) is -1.93. The Morgan fingerprint density at radius 2 is 1.57 bits per heavy atom. The lowest BCUT2D eigenvalue weighted by atomic mass is 10.1. The van der Waals surface area contributed by atoms with Crippen LogP contribution in [0.15, 0.2) is 79.0 Å². The van der Waals surface area contributed by atoms with Gasteiger partial charge in [-0.05, 0) is 60.7 Å². The van der Waals surface area contributed by atoms with E-state index in [0.717, 1.165) is 29.1 Å². The Morgan fingerprint density at radius 3 is 2.34 bits per heavy atom. The highest BCUT2D eigenvalue weighted by Crippen LogP contribution is 2.35. The Morgan fingerprint density at radius 1 is 0.829 bits per heavy atom. The van der Waals surface area contributed by atoms with E-state index in [1.807, 2.05) is 30.3 Å². The number of benzene rings is 3. The molecule has 174 valence electrons. The Kier molecular flexibility index (Phi) is 5.72. The largest absolute Gasteiger partial charge is 0.362 e. The topological polar surface area (TPSA) is 98.1 Å². The summed E-state index contributed by atoms with van der Waals surface area (Å²) in [7, 11) is 0. The van der Waals surface area contributed by atoms with Gasteiger partial charge >= 0.3 is 6.03 Å². The van der Waals surface area contributed by atoms with Gasteiger partial charge in [0.15, 0.2) is 0 Å². The van der Waals surface area contributed by atoms with Crippen LogP contribution in [0, 0.1) is 11.6 Å². The molecular weight excluding hydrogens is 452 g/mol. The van der Waals surface area contributed by atoms with E-state index in [2.05, 4.69) is 26.3 Å². The predicted molar refractivity (Wildman–Crippen MR) is 132 cm³/mol. The number of aromatic nitrogens is 1. The molecular formula is C26H19F2N5O2. The van der Waals surface area contributed by atoms with Crippen LogP contribution in [0.3, 0.4) is 0 Å². The van der Waals surface area contributed by atoms with Gasteiger partial charge in [-0.2, -0.15) is 0 Å². The van der Waals surface area contributed by atoms with Gasteiger partial charge in [0, 0.05) is 34.5 Å². The fraction of sp³-hybridized carbons (Fsp3) is 0. The molecule has 1 aromatic heterocycles. The predicted octanol–water partition coefficient (Wildman–Crippen LogP) is 6.17. The molecule has 0 atom stereocenters. The number of fused-ring (bicyclic) bond motifs is 1. The van der Waals surface area contributed by atoms with Gasteiger partial charge in [-0.15, -0.1) is 0 Å². The molecule has 4 aromatic rings. The molecule has 35 heavy (non-hydrogen) atoms. The first-order valence-electron chi connectivity index (χ1n) is 10.7. The van der Waals surface area contributed by atoms with Gasteiger partial charge in [0.05, 0.1) is 11.3 Å². The van der Waals surface area contributed by atoms with Gasteiger partial charge in [0.25, 0.3) is 5.91 Å². The van der Waals surface area contributed by atoms with Crippen molar-refractivity contribution in [3.63, 3.8) is 0 Å². The van der Waals surface area contributed by atoms with Crippen LogP contribution in [0.1, 0.15) is 11.3 Å². The zero-order chi connectivity index (χ0) is 24.4. The van der Waals surface area contributed by atoms with Gasteiger partial charge in [0.1, 0.15) is 17.3 Å². The van der Waals surface area contributed by atoms with E-state index >= 15 is 0 Å². The zero-order valence-corrected chi connectivity index (χ0v) is 18.2. The smallest absolute Gasteiger partial charge is 0.323 e. The summed E-state index contributed by atoms with van der Waals surface area (Å²) in [4.78, 5) is 27.7. The molecule has 0 bridgehead atoms. The number of para-hydroxylation sites is 1.